The van der Waals surface area contributed by atoms with E-state index in [2.05, 4.69) is 27.7 Å². The third-order valence-electron chi connectivity index (χ3n) is 3.94. The summed E-state index contributed by atoms with van der Waals surface area (Å²) in [5.74, 6) is 0. The molecule has 0 amide bonds. The maximum Gasteiger partial charge on any atom is 0.0786 e. The molecule has 2 heteroatoms. The Morgan fingerprint density at radius 3 is 0.889 bits per heavy atom. The van der Waals surface area contributed by atoms with Gasteiger partial charge in [-0.1, -0.05) is 53.4 Å². The SMILES string of the molecule is CCCC[N+](CCCC)(CCCC)CCCC.F. The number of halogens is 1. The van der Waals surface area contributed by atoms with Crippen LogP contribution in [0, 0.1) is 0 Å². The van der Waals surface area contributed by atoms with Gasteiger partial charge in [-0.15, -0.1) is 0 Å². The molecule has 0 heterocycles. The lowest BCUT2D eigenvalue weighted by molar-refractivity contribution is -0.929. The van der Waals surface area contributed by atoms with Crippen LogP contribution < -0.4 is 0 Å². The molecule has 0 unspecified atom stereocenters. The monoisotopic (exact) mass is 262 g/mol. The minimum atomic E-state index is 0. The van der Waals surface area contributed by atoms with Crippen LogP contribution >= 0.6 is 0 Å². The fraction of sp³-hybridized carbons (Fsp3) is 1.00. The lowest BCUT2D eigenvalue weighted by atomic mass is 10.1. The summed E-state index contributed by atoms with van der Waals surface area (Å²) in [6.07, 6.45) is 11.1. The van der Waals surface area contributed by atoms with Gasteiger partial charge in [-0.2, -0.15) is 0 Å². The van der Waals surface area contributed by atoms with E-state index >= 15 is 0 Å². The van der Waals surface area contributed by atoms with Gasteiger partial charge in [0.25, 0.3) is 0 Å². The molecule has 112 valence electrons. The smallest absolute Gasteiger partial charge is 0.0786 e. The molecule has 18 heavy (non-hydrogen) atoms. The highest BCUT2D eigenvalue weighted by Gasteiger charge is 2.24. The molecule has 0 fully saturated rings. The van der Waals surface area contributed by atoms with E-state index in [0.717, 1.165) is 0 Å². The van der Waals surface area contributed by atoms with Gasteiger partial charge >= 0.3 is 0 Å². The van der Waals surface area contributed by atoms with Crippen molar-refractivity contribution >= 4 is 0 Å². The first-order valence-electron chi connectivity index (χ1n) is 8.09. The summed E-state index contributed by atoms with van der Waals surface area (Å²) >= 11 is 0. The van der Waals surface area contributed by atoms with Crippen LogP contribution in [0.2, 0.25) is 0 Å². The average Bonchev–Trinajstić information content (AvgIpc) is 2.37. The first kappa shape index (κ1) is 20.2. The first-order valence-corrected chi connectivity index (χ1v) is 8.09. The second kappa shape index (κ2) is 13.3. The number of hydrogen-bond donors (Lipinski definition) is 0. The largest absolute Gasteiger partial charge is 0.324 e. The summed E-state index contributed by atoms with van der Waals surface area (Å²) in [4.78, 5) is 0. The molecule has 0 aliphatic heterocycles. The van der Waals surface area contributed by atoms with Crippen molar-refractivity contribution in [2.24, 2.45) is 0 Å². The molecule has 0 atom stereocenters. The zero-order valence-electron chi connectivity index (χ0n) is 13.3. The maximum atomic E-state index is 2.33. The Balaban J connectivity index is 0. The van der Waals surface area contributed by atoms with Gasteiger partial charge in [0.2, 0.25) is 0 Å². The van der Waals surface area contributed by atoms with Crippen molar-refractivity contribution in [1.29, 1.82) is 0 Å². The molecule has 0 bridgehead atoms. The minimum Gasteiger partial charge on any atom is -0.324 e. The molecule has 0 aliphatic carbocycles. The summed E-state index contributed by atoms with van der Waals surface area (Å²) in [7, 11) is 0. The highest BCUT2D eigenvalue weighted by molar-refractivity contribution is 4.49. The topological polar surface area (TPSA) is 0 Å². The van der Waals surface area contributed by atoms with Crippen molar-refractivity contribution in [2.45, 2.75) is 79.1 Å². The number of unbranched alkanes of at least 4 members (excludes halogenated alkanes) is 4. The lowest BCUT2D eigenvalue weighted by Crippen LogP contribution is -2.50. The molecule has 1 nitrogen and oxygen atoms in total. The van der Waals surface area contributed by atoms with Gasteiger partial charge in [-0.05, 0) is 25.7 Å². The van der Waals surface area contributed by atoms with E-state index in [-0.39, 0.29) is 4.70 Å². The minimum absolute atomic E-state index is 0. The van der Waals surface area contributed by atoms with E-state index in [1.165, 1.54) is 82.0 Å². The Labute approximate surface area is 115 Å². The number of hydrogen-bond acceptors (Lipinski definition) is 0. The summed E-state index contributed by atoms with van der Waals surface area (Å²) < 4.78 is 1.42. The van der Waals surface area contributed by atoms with Crippen molar-refractivity contribution < 1.29 is 9.19 Å². The summed E-state index contributed by atoms with van der Waals surface area (Å²) in [6.45, 7) is 15.0. The molecule has 0 aliphatic rings. The first-order chi connectivity index (χ1) is 8.24. The molecule has 0 radical (unpaired) electrons. The van der Waals surface area contributed by atoms with E-state index in [1.54, 1.807) is 0 Å². The zero-order valence-corrected chi connectivity index (χ0v) is 13.3. The molecule has 0 saturated heterocycles. The van der Waals surface area contributed by atoms with Crippen molar-refractivity contribution in [1.82, 2.24) is 0 Å². The van der Waals surface area contributed by atoms with Crippen molar-refractivity contribution in [3.05, 3.63) is 0 Å². The van der Waals surface area contributed by atoms with Crippen LogP contribution in [0.4, 0.5) is 4.70 Å². The second-order valence-corrected chi connectivity index (χ2v) is 5.65. The van der Waals surface area contributed by atoms with Crippen molar-refractivity contribution in [2.75, 3.05) is 26.2 Å². The average molecular weight is 262 g/mol. The normalized spacial score (nSPS) is 11.3. The molecule has 0 saturated carbocycles. The van der Waals surface area contributed by atoms with E-state index in [9.17, 15) is 0 Å². The van der Waals surface area contributed by atoms with Crippen LogP contribution in [0.3, 0.4) is 0 Å². The predicted octanol–water partition coefficient (Wildman–Crippen LogP) is 5.16. The number of rotatable bonds is 12. The van der Waals surface area contributed by atoms with Crippen molar-refractivity contribution in [3.63, 3.8) is 0 Å². The fourth-order valence-corrected chi connectivity index (χ4v) is 2.64. The van der Waals surface area contributed by atoms with Gasteiger partial charge in [0.15, 0.2) is 0 Å². The highest BCUT2D eigenvalue weighted by atomic mass is 19.0. The predicted molar refractivity (Wildman–Crippen MR) is 81.9 cm³/mol. The molecular weight excluding hydrogens is 225 g/mol. The second-order valence-electron chi connectivity index (χ2n) is 5.65. The summed E-state index contributed by atoms with van der Waals surface area (Å²) in [5, 5.41) is 0. The Morgan fingerprint density at radius 2 is 0.722 bits per heavy atom. The Hall–Kier alpha value is -0.110. The van der Waals surface area contributed by atoms with Crippen LogP contribution in [0.1, 0.15) is 79.1 Å². The van der Waals surface area contributed by atoms with Gasteiger partial charge in [0.05, 0.1) is 26.2 Å². The highest BCUT2D eigenvalue weighted by Crippen LogP contribution is 2.16. The molecule has 0 aromatic rings. The summed E-state index contributed by atoms with van der Waals surface area (Å²) in [5.41, 5.74) is 0. The Bertz CT molecular complexity index is 122. The van der Waals surface area contributed by atoms with Gasteiger partial charge in [-0.25, -0.2) is 0 Å². The number of nitrogens with zero attached hydrogens (tertiary/aromatic N) is 1. The quantitative estimate of drug-likeness (QED) is 0.426. The van der Waals surface area contributed by atoms with E-state index in [1.807, 2.05) is 0 Å². The third-order valence-corrected chi connectivity index (χ3v) is 3.94. The van der Waals surface area contributed by atoms with Gasteiger partial charge < -0.3 is 4.48 Å². The molecule has 0 aromatic carbocycles. The van der Waals surface area contributed by atoms with Gasteiger partial charge in [0.1, 0.15) is 0 Å². The van der Waals surface area contributed by atoms with Crippen LogP contribution in [0.15, 0.2) is 0 Å². The third kappa shape index (κ3) is 8.91. The zero-order chi connectivity index (χ0) is 13.0. The van der Waals surface area contributed by atoms with E-state index < -0.39 is 0 Å². The Morgan fingerprint density at radius 1 is 0.500 bits per heavy atom. The van der Waals surface area contributed by atoms with Crippen LogP contribution in [-0.2, 0) is 0 Å². The van der Waals surface area contributed by atoms with E-state index in [0.29, 0.717) is 0 Å². The molecule has 0 N–H and O–H groups in total. The maximum absolute atomic E-state index is 2.33. The van der Waals surface area contributed by atoms with E-state index in [4.69, 9.17) is 0 Å². The van der Waals surface area contributed by atoms with Crippen LogP contribution in [0.25, 0.3) is 0 Å². The van der Waals surface area contributed by atoms with Gasteiger partial charge in [0, 0.05) is 0 Å². The molecule has 0 spiro atoms. The van der Waals surface area contributed by atoms with Crippen LogP contribution in [0.5, 0.6) is 0 Å². The Kier molecular flexibility index (Phi) is 15.0. The summed E-state index contributed by atoms with van der Waals surface area (Å²) in [6, 6.07) is 0. The fourth-order valence-electron chi connectivity index (χ4n) is 2.64. The van der Waals surface area contributed by atoms with Crippen LogP contribution in [-0.4, -0.2) is 30.7 Å². The number of quaternary nitrogens is 1. The standard InChI is InChI=1S/C16H36N.FH/c1-5-9-13-17(14-10-6-2,15-11-7-3)16-12-8-4;/h5-16H2,1-4H3;1H/q+1;. The lowest BCUT2D eigenvalue weighted by Gasteiger charge is -2.39. The molecular formula is C16H37FN+. The van der Waals surface area contributed by atoms with Gasteiger partial charge in [-0.3, -0.25) is 4.70 Å². The molecule has 0 rings (SSSR count). The molecule has 0 aromatic heterocycles. The van der Waals surface area contributed by atoms with Crippen molar-refractivity contribution in [3.8, 4) is 0 Å².